The van der Waals surface area contributed by atoms with Gasteiger partial charge < -0.3 is 0 Å². The average Bonchev–Trinajstić information content (AvgIpc) is 2.24. The summed E-state index contributed by atoms with van der Waals surface area (Å²) in [6.45, 7) is 0.436. The summed E-state index contributed by atoms with van der Waals surface area (Å²) in [6, 6.07) is 0. The molecule has 0 aliphatic carbocycles. The molecule has 0 aromatic rings. The summed E-state index contributed by atoms with van der Waals surface area (Å²) >= 11 is 0. The minimum absolute atomic E-state index is 0.436. The van der Waals surface area contributed by atoms with Crippen molar-refractivity contribution in [2.75, 3.05) is 0 Å². The number of hydrogen-bond donors (Lipinski definition) is 0. The maximum absolute atomic E-state index is 12.5. The fourth-order valence-corrected chi connectivity index (χ4v) is 2.35. The summed E-state index contributed by atoms with van der Waals surface area (Å²) in [5.41, 5.74) is -7.62. The van der Waals surface area contributed by atoms with Crippen molar-refractivity contribution < 1.29 is 51.5 Å². The Bertz CT molecular complexity index is 458. The van der Waals surface area contributed by atoms with E-state index in [4.69, 9.17) is 0 Å². The van der Waals surface area contributed by atoms with Crippen molar-refractivity contribution in [3.8, 4) is 0 Å². The molecule has 0 aromatic heterocycles. The Labute approximate surface area is 109 Å². The Morgan fingerprint density at radius 1 is 0.700 bits per heavy atom. The second-order valence-corrected chi connectivity index (χ2v) is 6.37. The van der Waals surface area contributed by atoms with Crippen molar-refractivity contribution in [3.05, 3.63) is 0 Å². The molecule has 0 fully saturated rings. The van der Waals surface area contributed by atoms with Gasteiger partial charge in [0, 0.05) is 0 Å². The molecule has 0 aliphatic heterocycles. The molecule has 0 saturated carbocycles. The molecular formula is C6H8F6O6S2. The highest BCUT2D eigenvalue weighted by Gasteiger charge is 2.40. The van der Waals surface area contributed by atoms with E-state index in [1.165, 1.54) is 0 Å². The predicted molar refractivity (Wildman–Crippen MR) is 51.3 cm³/mol. The zero-order valence-electron chi connectivity index (χ0n) is 9.42. The Balaban J connectivity index is 4.86. The molecule has 0 aromatic carbocycles. The number of hydrogen-bond acceptors (Lipinski definition) is 6. The van der Waals surface area contributed by atoms with Gasteiger partial charge in [0.1, 0.15) is 0 Å². The first-order valence-electron chi connectivity index (χ1n) is 4.50. The molecule has 0 N–H and O–H groups in total. The summed E-state index contributed by atoms with van der Waals surface area (Å²) in [4.78, 5) is 0. The molecule has 0 aliphatic rings. The van der Waals surface area contributed by atoms with Gasteiger partial charge in [0.05, 0.1) is 0 Å². The van der Waals surface area contributed by atoms with Gasteiger partial charge in [-0.2, -0.15) is 16.8 Å². The third-order valence-corrected chi connectivity index (χ3v) is 4.08. The van der Waals surface area contributed by atoms with Crippen LogP contribution in [-0.4, -0.2) is 47.0 Å². The lowest BCUT2D eigenvalue weighted by Crippen LogP contribution is -2.34. The fourth-order valence-electron chi connectivity index (χ4n) is 0.752. The first-order valence-corrected chi connectivity index (χ1v) is 7.44. The van der Waals surface area contributed by atoms with Gasteiger partial charge in [-0.15, -0.1) is 0 Å². The number of alkyl halides is 6. The monoisotopic (exact) mass is 354 g/mol. The first-order chi connectivity index (χ1) is 8.81. The third-order valence-electron chi connectivity index (χ3n) is 1.49. The van der Waals surface area contributed by atoms with E-state index in [2.05, 4.69) is 8.37 Å². The van der Waals surface area contributed by atoms with Crippen LogP contribution in [0.2, 0.25) is 0 Å². The van der Waals surface area contributed by atoms with Gasteiger partial charge in [0.25, 0.3) is 23.9 Å². The molecule has 0 saturated heterocycles. The van der Waals surface area contributed by atoms with Crippen molar-refractivity contribution in [1.82, 2.24) is 0 Å². The molecule has 122 valence electrons. The summed E-state index contributed by atoms with van der Waals surface area (Å²) in [5, 5.41) is 0. The highest BCUT2D eigenvalue weighted by atomic mass is 32.2. The van der Waals surface area contributed by atoms with Gasteiger partial charge in [0.2, 0.25) is 0 Å². The average molecular weight is 354 g/mol. The van der Waals surface area contributed by atoms with Crippen LogP contribution >= 0.6 is 0 Å². The van der Waals surface area contributed by atoms with Crippen molar-refractivity contribution in [2.24, 2.45) is 0 Å². The van der Waals surface area contributed by atoms with Crippen LogP contribution in [0.15, 0.2) is 0 Å². The van der Waals surface area contributed by atoms with Gasteiger partial charge in [-0.3, -0.25) is 0 Å². The molecule has 0 bridgehead atoms. The Morgan fingerprint density at radius 2 is 0.950 bits per heavy atom. The van der Waals surface area contributed by atoms with E-state index in [1.54, 1.807) is 0 Å². The maximum atomic E-state index is 12.5. The Hall–Kier alpha value is -0.600. The molecule has 2 unspecified atom stereocenters. The van der Waals surface area contributed by atoms with Crippen molar-refractivity contribution in [2.45, 2.75) is 37.1 Å². The number of rotatable bonds is 8. The van der Waals surface area contributed by atoms with Crippen LogP contribution in [0.4, 0.5) is 26.3 Å². The minimum Gasteiger partial charge on any atom is -0.235 e. The van der Waals surface area contributed by atoms with E-state index in [0.717, 1.165) is 0 Å². The molecule has 14 heteroatoms. The van der Waals surface area contributed by atoms with Gasteiger partial charge in [0.15, 0.2) is 6.29 Å². The van der Waals surface area contributed by atoms with Crippen LogP contribution in [0, 0.1) is 0 Å². The Morgan fingerprint density at radius 3 is 1.15 bits per heavy atom. The molecule has 20 heavy (non-hydrogen) atoms. The van der Waals surface area contributed by atoms with Crippen LogP contribution in [0.1, 0.15) is 6.92 Å². The summed E-state index contributed by atoms with van der Waals surface area (Å²) < 4.78 is 122. The third kappa shape index (κ3) is 5.41. The number of halogens is 6. The van der Waals surface area contributed by atoms with Crippen molar-refractivity contribution in [1.29, 1.82) is 0 Å². The highest BCUT2D eigenvalue weighted by molar-refractivity contribution is 7.87. The van der Waals surface area contributed by atoms with Gasteiger partial charge in [-0.25, -0.2) is 34.7 Å². The van der Waals surface area contributed by atoms with E-state index in [9.17, 15) is 43.2 Å². The smallest absolute Gasteiger partial charge is 0.235 e. The molecular weight excluding hydrogens is 346 g/mol. The molecule has 0 rings (SSSR count). The van der Waals surface area contributed by atoms with E-state index in [1.807, 2.05) is 0 Å². The standard InChI is InChI=1S/C6H8F6O6S2/c1-2(17-19(13,14)5(11)3(7)8)18-20(15,16)6(12)4(9)10/h2-6H,1H3. The minimum atomic E-state index is -5.59. The van der Waals surface area contributed by atoms with Crippen LogP contribution in [0.25, 0.3) is 0 Å². The van der Waals surface area contributed by atoms with Crippen LogP contribution in [-0.2, 0) is 28.6 Å². The molecule has 0 amide bonds. The van der Waals surface area contributed by atoms with E-state index in [0.29, 0.717) is 6.92 Å². The zero-order valence-corrected chi connectivity index (χ0v) is 11.1. The van der Waals surface area contributed by atoms with Crippen molar-refractivity contribution in [3.63, 3.8) is 0 Å². The first kappa shape index (κ1) is 19.4. The van der Waals surface area contributed by atoms with Gasteiger partial charge in [-0.1, -0.05) is 0 Å². The SMILES string of the molecule is CC(OS(=O)(=O)C(F)C(F)F)OS(=O)(=O)C(F)C(F)F. The molecule has 6 nitrogen and oxygen atoms in total. The van der Waals surface area contributed by atoms with E-state index < -0.39 is 50.4 Å². The highest BCUT2D eigenvalue weighted by Crippen LogP contribution is 2.20. The summed E-state index contributed by atoms with van der Waals surface area (Å²) in [5.74, 6) is 0. The fraction of sp³-hybridized carbons (Fsp3) is 1.00. The van der Waals surface area contributed by atoms with Crippen molar-refractivity contribution >= 4 is 20.2 Å². The lowest BCUT2D eigenvalue weighted by Gasteiger charge is -2.16. The van der Waals surface area contributed by atoms with E-state index >= 15 is 0 Å². The lowest BCUT2D eigenvalue weighted by molar-refractivity contribution is 0.0105. The molecule has 2 atom stereocenters. The van der Waals surface area contributed by atoms with E-state index in [-0.39, 0.29) is 0 Å². The van der Waals surface area contributed by atoms with Crippen LogP contribution in [0.3, 0.4) is 0 Å². The maximum Gasteiger partial charge on any atom is 0.308 e. The zero-order chi connectivity index (χ0) is 16.3. The summed E-state index contributed by atoms with van der Waals surface area (Å²) in [6.07, 6.45) is -10.5. The largest absolute Gasteiger partial charge is 0.308 e. The Kier molecular flexibility index (Phi) is 6.70. The quantitative estimate of drug-likeness (QED) is 0.369. The molecule has 0 radical (unpaired) electrons. The van der Waals surface area contributed by atoms with Gasteiger partial charge >= 0.3 is 20.2 Å². The molecule has 0 heterocycles. The van der Waals surface area contributed by atoms with Crippen LogP contribution < -0.4 is 0 Å². The second-order valence-electron chi connectivity index (χ2n) is 3.12. The molecule has 0 spiro atoms. The van der Waals surface area contributed by atoms with Gasteiger partial charge in [-0.05, 0) is 6.92 Å². The summed E-state index contributed by atoms with van der Waals surface area (Å²) in [7, 11) is -11.2. The van der Waals surface area contributed by atoms with Crippen LogP contribution in [0.5, 0.6) is 0 Å². The second kappa shape index (κ2) is 6.91. The topological polar surface area (TPSA) is 86.7 Å². The lowest BCUT2D eigenvalue weighted by atomic mass is 10.8. The predicted octanol–water partition coefficient (Wildman–Crippen LogP) is 1.15. The normalized spacial score (nSPS) is 18.2.